The monoisotopic (exact) mass is 246 g/mol. The summed E-state index contributed by atoms with van der Waals surface area (Å²) in [5.74, 6) is -0.506. The highest BCUT2D eigenvalue weighted by molar-refractivity contribution is 5.68. The average Bonchev–Trinajstić information content (AvgIpc) is 2.20. The Balaban J connectivity index is 2.55. The lowest BCUT2D eigenvalue weighted by Crippen LogP contribution is -2.28. The van der Waals surface area contributed by atoms with E-state index >= 15 is 0 Å². The minimum absolute atomic E-state index is 0.169. The summed E-state index contributed by atoms with van der Waals surface area (Å²) in [7, 11) is 0. The van der Waals surface area contributed by atoms with E-state index in [1.54, 1.807) is 0 Å². The van der Waals surface area contributed by atoms with Crippen LogP contribution >= 0.6 is 0 Å². The number of hydrogen-bond acceptors (Lipinski definition) is 1. The van der Waals surface area contributed by atoms with Crippen molar-refractivity contribution in [3.05, 3.63) is 34.4 Å². The molecule has 1 aliphatic carbocycles. The molecule has 2 heteroatoms. The topological polar surface area (TPSA) is 37.3 Å². The summed E-state index contributed by atoms with van der Waals surface area (Å²) in [5.41, 5.74) is 5.36. The third-order valence-corrected chi connectivity index (χ3v) is 4.17. The fraction of sp³-hybridized carbons (Fsp3) is 0.562. The summed E-state index contributed by atoms with van der Waals surface area (Å²) in [6.45, 7) is 8.78. The van der Waals surface area contributed by atoms with Crippen LogP contribution in [-0.4, -0.2) is 11.1 Å². The van der Waals surface area contributed by atoms with Crippen molar-refractivity contribution in [2.45, 2.75) is 58.3 Å². The molecule has 0 fully saturated rings. The predicted molar refractivity (Wildman–Crippen MR) is 73.2 cm³/mol. The van der Waals surface area contributed by atoms with Gasteiger partial charge in [-0.25, -0.2) is 0 Å². The van der Waals surface area contributed by atoms with Gasteiger partial charge in [-0.2, -0.15) is 0 Å². The molecule has 2 rings (SSSR count). The lowest BCUT2D eigenvalue weighted by atomic mass is 9.66. The number of carbonyl (C=O) groups is 1. The minimum atomic E-state index is -0.690. The Labute approximate surface area is 109 Å². The first-order valence-corrected chi connectivity index (χ1v) is 6.64. The Bertz CT molecular complexity index is 486. The van der Waals surface area contributed by atoms with Gasteiger partial charge in [-0.05, 0) is 54.7 Å². The van der Waals surface area contributed by atoms with Gasteiger partial charge in [0.1, 0.15) is 0 Å². The summed E-state index contributed by atoms with van der Waals surface area (Å²) < 4.78 is 0. The van der Waals surface area contributed by atoms with Crippen molar-refractivity contribution >= 4 is 5.97 Å². The largest absolute Gasteiger partial charge is 0.481 e. The number of hydrogen-bond donors (Lipinski definition) is 1. The van der Waals surface area contributed by atoms with E-state index in [-0.39, 0.29) is 17.8 Å². The van der Waals surface area contributed by atoms with E-state index in [0.29, 0.717) is 0 Å². The fourth-order valence-electron chi connectivity index (χ4n) is 3.49. The number of rotatable bonds is 2. The molecule has 1 N–H and O–H groups in total. The van der Waals surface area contributed by atoms with E-state index in [0.717, 1.165) is 12.8 Å². The third-order valence-electron chi connectivity index (χ3n) is 4.17. The molecule has 0 aliphatic heterocycles. The number of carboxylic acid groups (broad SMARTS) is 1. The van der Waals surface area contributed by atoms with Gasteiger partial charge >= 0.3 is 5.97 Å². The second kappa shape index (κ2) is 4.42. The molecular formula is C16H22O2. The maximum atomic E-state index is 11.0. The van der Waals surface area contributed by atoms with E-state index in [4.69, 9.17) is 5.11 Å². The van der Waals surface area contributed by atoms with Gasteiger partial charge in [-0.3, -0.25) is 4.79 Å². The third kappa shape index (κ3) is 2.29. The molecule has 0 saturated carbocycles. The van der Waals surface area contributed by atoms with Gasteiger partial charge in [-0.15, -0.1) is 0 Å². The van der Waals surface area contributed by atoms with Crippen LogP contribution in [0, 0.1) is 13.8 Å². The molecule has 0 aromatic heterocycles. The Hall–Kier alpha value is -1.31. The van der Waals surface area contributed by atoms with Gasteiger partial charge in [0.05, 0.1) is 6.42 Å². The van der Waals surface area contributed by atoms with Crippen molar-refractivity contribution in [2.75, 3.05) is 0 Å². The highest BCUT2D eigenvalue weighted by Crippen LogP contribution is 2.45. The normalized spacial score (nSPS) is 21.4. The standard InChI is InChI=1S/C16H22O2/c1-10-7-11(2)15-13(8-10)12(9-14(17)18)5-6-16(15,3)4/h7-8,12H,5-6,9H2,1-4H3,(H,17,18). The van der Waals surface area contributed by atoms with Gasteiger partial charge in [0.25, 0.3) is 0 Å². The van der Waals surface area contributed by atoms with E-state index in [1.807, 2.05) is 0 Å². The highest BCUT2D eigenvalue weighted by atomic mass is 16.4. The molecule has 1 aliphatic rings. The summed E-state index contributed by atoms with van der Waals surface area (Å²) in [6, 6.07) is 4.40. The van der Waals surface area contributed by atoms with Crippen molar-refractivity contribution in [3.63, 3.8) is 0 Å². The van der Waals surface area contributed by atoms with Crippen LogP contribution in [0.3, 0.4) is 0 Å². The van der Waals surface area contributed by atoms with Crippen molar-refractivity contribution < 1.29 is 9.90 Å². The van der Waals surface area contributed by atoms with Crippen LogP contribution < -0.4 is 0 Å². The summed E-state index contributed by atoms with van der Waals surface area (Å²) in [4.78, 5) is 11.0. The zero-order valence-corrected chi connectivity index (χ0v) is 11.7. The number of fused-ring (bicyclic) bond motifs is 1. The first-order chi connectivity index (χ1) is 8.31. The molecule has 0 amide bonds. The van der Waals surface area contributed by atoms with Gasteiger partial charge in [0.15, 0.2) is 0 Å². The maximum Gasteiger partial charge on any atom is 0.303 e. The van der Waals surface area contributed by atoms with Gasteiger partial charge in [-0.1, -0.05) is 31.5 Å². The van der Waals surface area contributed by atoms with Crippen LogP contribution in [0.4, 0.5) is 0 Å². The van der Waals surface area contributed by atoms with E-state index < -0.39 is 5.97 Å². The van der Waals surface area contributed by atoms with Crippen molar-refractivity contribution in [2.24, 2.45) is 0 Å². The van der Waals surface area contributed by atoms with Crippen LogP contribution in [0.5, 0.6) is 0 Å². The molecule has 1 unspecified atom stereocenters. The number of aliphatic carboxylic acids is 1. The van der Waals surface area contributed by atoms with E-state index in [9.17, 15) is 4.79 Å². The molecule has 98 valence electrons. The van der Waals surface area contributed by atoms with E-state index in [1.165, 1.54) is 22.3 Å². The van der Waals surface area contributed by atoms with E-state index in [2.05, 4.69) is 39.8 Å². The molecule has 1 atom stereocenters. The van der Waals surface area contributed by atoms with Crippen LogP contribution in [-0.2, 0) is 10.2 Å². The van der Waals surface area contributed by atoms with Crippen molar-refractivity contribution in [3.8, 4) is 0 Å². The minimum Gasteiger partial charge on any atom is -0.481 e. The summed E-state index contributed by atoms with van der Waals surface area (Å²) >= 11 is 0. The zero-order chi connectivity index (χ0) is 13.5. The molecule has 2 nitrogen and oxygen atoms in total. The Morgan fingerprint density at radius 2 is 2.06 bits per heavy atom. The van der Waals surface area contributed by atoms with Crippen LogP contribution in [0.15, 0.2) is 12.1 Å². The zero-order valence-electron chi connectivity index (χ0n) is 11.7. The SMILES string of the molecule is Cc1cc(C)c2c(c1)C(CC(=O)O)CCC2(C)C. The molecule has 1 aromatic carbocycles. The predicted octanol–water partition coefficient (Wildman–Crippen LogP) is 3.93. The van der Waals surface area contributed by atoms with Gasteiger partial charge in [0.2, 0.25) is 0 Å². The summed E-state index contributed by atoms with van der Waals surface area (Å²) in [5, 5.41) is 9.06. The van der Waals surface area contributed by atoms with Crippen LogP contribution in [0.1, 0.15) is 61.3 Å². The number of aryl methyl sites for hydroxylation is 2. The fourth-order valence-corrected chi connectivity index (χ4v) is 3.49. The first-order valence-electron chi connectivity index (χ1n) is 6.64. The molecule has 0 saturated heterocycles. The smallest absolute Gasteiger partial charge is 0.303 e. The maximum absolute atomic E-state index is 11.0. The molecular weight excluding hydrogens is 224 g/mol. The quantitative estimate of drug-likeness (QED) is 0.858. The number of benzene rings is 1. The molecule has 0 radical (unpaired) electrons. The lowest BCUT2D eigenvalue weighted by molar-refractivity contribution is -0.137. The molecule has 18 heavy (non-hydrogen) atoms. The molecule has 1 aromatic rings. The molecule has 0 bridgehead atoms. The van der Waals surface area contributed by atoms with Gasteiger partial charge in [0, 0.05) is 0 Å². The molecule has 0 spiro atoms. The lowest BCUT2D eigenvalue weighted by Gasteiger charge is -2.38. The Morgan fingerprint density at radius 3 is 2.67 bits per heavy atom. The second-order valence-electron chi connectivity index (χ2n) is 6.26. The van der Waals surface area contributed by atoms with Gasteiger partial charge < -0.3 is 5.11 Å². The van der Waals surface area contributed by atoms with Crippen LogP contribution in [0.2, 0.25) is 0 Å². The highest BCUT2D eigenvalue weighted by Gasteiger charge is 2.34. The molecule has 0 heterocycles. The Kier molecular flexibility index (Phi) is 3.22. The van der Waals surface area contributed by atoms with Crippen LogP contribution in [0.25, 0.3) is 0 Å². The number of carboxylic acids is 1. The van der Waals surface area contributed by atoms with Crippen molar-refractivity contribution in [1.29, 1.82) is 0 Å². The summed E-state index contributed by atoms with van der Waals surface area (Å²) in [6.07, 6.45) is 2.31. The van der Waals surface area contributed by atoms with Crippen molar-refractivity contribution in [1.82, 2.24) is 0 Å². The first kappa shape index (κ1) is 13.1. The average molecular weight is 246 g/mol. The Morgan fingerprint density at radius 1 is 1.39 bits per heavy atom. The second-order valence-corrected chi connectivity index (χ2v) is 6.26.